The van der Waals surface area contributed by atoms with Crippen molar-refractivity contribution in [1.82, 2.24) is 9.80 Å². The fourth-order valence-electron chi connectivity index (χ4n) is 3.50. The Morgan fingerprint density at radius 2 is 1.81 bits per heavy atom. The van der Waals surface area contributed by atoms with Crippen LogP contribution in [0.2, 0.25) is 0 Å². The zero-order chi connectivity index (χ0) is 14.8. The molecule has 3 nitrogen and oxygen atoms in total. The summed E-state index contributed by atoms with van der Waals surface area (Å²) in [6, 6.07) is 5.28. The van der Waals surface area contributed by atoms with E-state index in [9.17, 15) is 9.18 Å². The van der Waals surface area contributed by atoms with Crippen molar-refractivity contribution in [2.24, 2.45) is 0 Å². The van der Waals surface area contributed by atoms with E-state index in [1.54, 1.807) is 19.1 Å². The van der Waals surface area contributed by atoms with Gasteiger partial charge in [0.1, 0.15) is 5.82 Å². The van der Waals surface area contributed by atoms with Gasteiger partial charge in [-0.3, -0.25) is 4.79 Å². The summed E-state index contributed by atoms with van der Waals surface area (Å²) in [7, 11) is 0. The van der Waals surface area contributed by atoms with E-state index >= 15 is 0 Å². The van der Waals surface area contributed by atoms with Crippen LogP contribution in [0.15, 0.2) is 18.2 Å². The Balaban J connectivity index is 1.60. The zero-order valence-electron chi connectivity index (χ0n) is 12.6. The minimum atomic E-state index is -0.251. The Bertz CT molecular complexity index is 518. The highest BCUT2D eigenvalue weighted by Crippen LogP contribution is 2.22. The van der Waals surface area contributed by atoms with Crippen LogP contribution in [0.1, 0.15) is 41.6 Å². The normalized spacial score (nSPS) is 21.0. The molecule has 114 valence electrons. The molecular formula is C17H23FN2O. The second-order valence-electron chi connectivity index (χ2n) is 6.23. The Labute approximate surface area is 125 Å². The molecule has 2 aliphatic rings. The first-order chi connectivity index (χ1) is 10.1. The molecule has 1 aromatic rings. The standard InChI is InChI=1S/C17H23FN2O/c1-13-12-14(4-5-16(13)18)17(21)20-10-6-15(7-11-20)19-8-2-3-9-19/h4-5,12,15H,2-3,6-11H2,1H3. The van der Waals surface area contributed by atoms with Crippen molar-refractivity contribution in [2.75, 3.05) is 26.2 Å². The van der Waals surface area contributed by atoms with E-state index in [1.165, 1.54) is 32.0 Å². The van der Waals surface area contributed by atoms with E-state index in [-0.39, 0.29) is 11.7 Å². The molecule has 2 saturated heterocycles. The van der Waals surface area contributed by atoms with Gasteiger partial charge in [0.2, 0.25) is 0 Å². The summed E-state index contributed by atoms with van der Waals surface area (Å²) in [6.45, 7) is 5.77. The third-order valence-corrected chi connectivity index (χ3v) is 4.81. The van der Waals surface area contributed by atoms with Gasteiger partial charge < -0.3 is 9.80 Å². The van der Waals surface area contributed by atoms with Gasteiger partial charge in [-0.1, -0.05) is 0 Å². The fraction of sp³-hybridized carbons (Fsp3) is 0.588. The smallest absolute Gasteiger partial charge is 0.253 e. The number of carbonyl (C=O) groups excluding carboxylic acids is 1. The summed E-state index contributed by atoms with van der Waals surface area (Å²) in [5.41, 5.74) is 1.14. The van der Waals surface area contributed by atoms with E-state index in [2.05, 4.69) is 4.90 Å². The Hall–Kier alpha value is -1.42. The topological polar surface area (TPSA) is 23.6 Å². The Morgan fingerprint density at radius 3 is 2.43 bits per heavy atom. The molecule has 4 heteroatoms. The van der Waals surface area contributed by atoms with E-state index in [1.807, 2.05) is 4.90 Å². The third kappa shape index (κ3) is 3.10. The molecule has 0 aliphatic carbocycles. The van der Waals surface area contributed by atoms with Gasteiger partial charge in [0.05, 0.1) is 0 Å². The van der Waals surface area contributed by atoms with Crippen LogP contribution in [-0.2, 0) is 0 Å². The van der Waals surface area contributed by atoms with Crippen molar-refractivity contribution >= 4 is 5.91 Å². The summed E-state index contributed by atoms with van der Waals surface area (Å²) in [6.07, 6.45) is 4.75. The number of likely N-dealkylation sites (tertiary alicyclic amines) is 2. The number of rotatable bonds is 2. The average Bonchev–Trinajstić information content (AvgIpc) is 3.04. The number of hydrogen-bond acceptors (Lipinski definition) is 2. The molecule has 2 fully saturated rings. The number of nitrogens with zero attached hydrogens (tertiary/aromatic N) is 2. The fourth-order valence-corrected chi connectivity index (χ4v) is 3.50. The first-order valence-corrected chi connectivity index (χ1v) is 7.94. The maximum Gasteiger partial charge on any atom is 0.253 e. The Morgan fingerprint density at radius 1 is 1.14 bits per heavy atom. The van der Waals surface area contributed by atoms with Gasteiger partial charge in [0.15, 0.2) is 0 Å². The van der Waals surface area contributed by atoms with Gasteiger partial charge in [0, 0.05) is 24.7 Å². The van der Waals surface area contributed by atoms with Crippen LogP contribution in [-0.4, -0.2) is 47.9 Å². The quantitative estimate of drug-likeness (QED) is 0.836. The highest BCUT2D eigenvalue weighted by Gasteiger charge is 2.28. The molecule has 0 atom stereocenters. The lowest BCUT2D eigenvalue weighted by molar-refractivity contribution is 0.0644. The predicted molar refractivity (Wildman–Crippen MR) is 80.9 cm³/mol. The third-order valence-electron chi connectivity index (χ3n) is 4.81. The maximum atomic E-state index is 13.3. The van der Waals surface area contributed by atoms with Gasteiger partial charge >= 0.3 is 0 Å². The lowest BCUT2D eigenvalue weighted by Gasteiger charge is -2.36. The molecule has 0 N–H and O–H groups in total. The SMILES string of the molecule is Cc1cc(C(=O)N2CCC(N3CCCC3)CC2)ccc1F. The molecule has 1 amide bonds. The lowest BCUT2D eigenvalue weighted by atomic mass is 10.0. The Kier molecular flexibility index (Phi) is 4.24. The molecule has 0 radical (unpaired) electrons. The van der Waals surface area contributed by atoms with Gasteiger partial charge in [-0.15, -0.1) is 0 Å². The van der Waals surface area contributed by atoms with Crippen LogP contribution >= 0.6 is 0 Å². The second kappa shape index (κ2) is 6.14. The predicted octanol–water partition coefficient (Wildman–Crippen LogP) is 2.83. The number of hydrogen-bond donors (Lipinski definition) is 0. The molecule has 0 spiro atoms. The summed E-state index contributed by atoms with van der Waals surface area (Å²) in [5, 5.41) is 0. The van der Waals surface area contributed by atoms with Crippen LogP contribution in [0.25, 0.3) is 0 Å². The minimum absolute atomic E-state index is 0.0398. The zero-order valence-corrected chi connectivity index (χ0v) is 12.6. The molecule has 3 rings (SSSR count). The van der Waals surface area contributed by atoms with Crippen LogP contribution in [0, 0.1) is 12.7 Å². The van der Waals surface area contributed by atoms with E-state index in [4.69, 9.17) is 0 Å². The van der Waals surface area contributed by atoms with Gasteiger partial charge in [-0.2, -0.15) is 0 Å². The molecule has 0 bridgehead atoms. The summed E-state index contributed by atoms with van der Waals surface area (Å²) >= 11 is 0. The van der Waals surface area contributed by atoms with Crippen molar-refractivity contribution in [3.8, 4) is 0 Å². The van der Waals surface area contributed by atoms with Crippen molar-refractivity contribution in [3.05, 3.63) is 35.1 Å². The second-order valence-corrected chi connectivity index (χ2v) is 6.23. The minimum Gasteiger partial charge on any atom is -0.339 e. The number of carbonyl (C=O) groups is 1. The van der Waals surface area contributed by atoms with Crippen LogP contribution in [0.5, 0.6) is 0 Å². The largest absolute Gasteiger partial charge is 0.339 e. The lowest BCUT2D eigenvalue weighted by Crippen LogP contribution is -2.45. The summed E-state index contributed by atoms with van der Waals surface area (Å²) in [5.74, 6) is -0.211. The maximum absolute atomic E-state index is 13.3. The number of piperidine rings is 1. The average molecular weight is 290 g/mol. The van der Waals surface area contributed by atoms with Crippen molar-refractivity contribution in [1.29, 1.82) is 0 Å². The molecule has 0 unspecified atom stereocenters. The van der Waals surface area contributed by atoms with E-state index in [0.29, 0.717) is 17.2 Å². The number of halogens is 1. The van der Waals surface area contributed by atoms with Crippen molar-refractivity contribution < 1.29 is 9.18 Å². The highest BCUT2D eigenvalue weighted by atomic mass is 19.1. The molecule has 2 heterocycles. The molecule has 0 saturated carbocycles. The van der Waals surface area contributed by atoms with Crippen molar-refractivity contribution in [2.45, 2.75) is 38.6 Å². The van der Waals surface area contributed by atoms with Gasteiger partial charge in [-0.25, -0.2) is 4.39 Å². The molecule has 0 aromatic heterocycles. The summed E-state index contributed by atoms with van der Waals surface area (Å²) < 4.78 is 13.3. The molecule has 1 aromatic carbocycles. The van der Waals surface area contributed by atoms with Gasteiger partial charge in [0.25, 0.3) is 5.91 Å². The van der Waals surface area contributed by atoms with E-state index < -0.39 is 0 Å². The van der Waals surface area contributed by atoms with Crippen LogP contribution < -0.4 is 0 Å². The van der Waals surface area contributed by atoms with Crippen molar-refractivity contribution in [3.63, 3.8) is 0 Å². The van der Waals surface area contributed by atoms with E-state index in [0.717, 1.165) is 25.9 Å². The number of amides is 1. The summed E-state index contributed by atoms with van der Waals surface area (Å²) in [4.78, 5) is 17.0. The van der Waals surface area contributed by atoms with Crippen LogP contribution in [0.4, 0.5) is 4.39 Å². The van der Waals surface area contributed by atoms with Crippen LogP contribution in [0.3, 0.4) is 0 Å². The molecule has 21 heavy (non-hydrogen) atoms. The monoisotopic (exact) mass is 290 g/mol. The first-order valence-electron chi connectivity index (χ1n) is 7.94. The highest BCUT2D eigenvalue weighted by molar-refractivity contribution is 5.94. The molecular weight excluding hydrogens is 267 g/mol. The molecule has 2 aliphatic heterocycles. The number of benzene rings is 1. The number of aryl methyl sites for hydroxylation is 1. The first kappa shape index (κ1) is 14.5. The van der Waals surface area contributed by atoms with Gasteiger partial charge in [-0.05, 0) is 69.5 Å².